The molecule has 7 aromatic rings. The van der Waals surface area contributed by atoms with E-state index in [1.165, 1.54) is 43.8 Å². The van der Waals surface area contributed by atoms with Gasteiger partial charge in [-0.05, 0) is 68.6 Å². The van der Waals surface area contributed by atoms with E-state index in [1.54, 1.807) is 0 Å². The number of benzene rings is 7. The second-order valence-electron chi connectivity index (χ2n) is 9.82. The van der Waals surface area contributed by atoms with Gasteiger partial charge in [0, 0.05) is 16.9 Å². The van der Waals surface area contributed by atoms with Gasteiger partial charge in [0.2, 0.25) is 0 Å². The van der Waals surface area contributed by atoms with E-state index in [2.05, 4.69) is 169 Å². The van der Waals surface area contributed by atoms with Crippen molar-refractivity contribution >= 4 is 38.6 Å². The summed E-state index contributed by atoms with van der Waals surface area (Å²) in [5.41, 5.74) is 8.23. The number of hydrogen-bond donors (Lipinski definition) is 0. The first kappa shape index (κ1) is 23.0. The summed E-state index contributed by atoms with van der Waals surface area (Å²) in [5.74, 6) is 0. The van der Waals surface area contributed by atoms with Crippen LogP contribution in [0.15, 0.2) is 164 Å². The van der Waals surface area contributed by atoms with Gasteiger partial charge in [0.25, 0.3) is 0 Å². The maximum absolute atomic E-state index is 2.39. The van der Waals surface area contributed by atoms with E-state index in [9.17, 15) is 0 Å². The second kappa shape index (κ2) is 9.96. The fraction of sp³-hybridized carbons (Fsp3) is 0. The predicted octanol–water partition coefficient (Wildman–Crippen LogP) is 10.8. The van der Waals surface area contributed by atoms with Crippen LogP contribution >= 0.6 is 0 Å². The molecule has 0 aliphatic heterocycles. The Hall–Kier alpha value is -5.14. The van der Waals surface area contributed by atoms with E-state index in [0.29, 0.717) is 0 Å². The molecule has 0 amide bonds. The van der Waals surface area contributed by atoms with Gasteiger partial charge in [-0.3, -0.25) is 0 Å². The van der Waals surface area contributed by atoms with E-state index in [1.807, 2.05) is 0 Å². The summed E-state index contributed by atoms with van der Waals surface area (Å²) in [6.45, 7) is 0. The number of anilines is 3. The highest BCUT2D eigenvalue weighted by Crippen LogP contribution is 2.42. The minimum absolute atomic E-state index is 1.12. The van der Waals surface area contributed by atoms with E-state index < -0.39 is 0 Å². The zero-order valence-electron chi connectivity index (χ0n) is 21.5. The average Bonchev–Trinajstić information content (AvgIpc) is 3.02. The third-order valence-electron chi connectivity index (χ3n) is 7.45. The third-order valence-corrected chi connectivity index (χ3v) is 7.45. The summed E-state index contributed by atoms with van der Waals surface area (Å²) in [4.78, 5) is 2.39. The Kier molecular flexibility index (Phi) is 5.88. The van der Waals surface area contributed by atoms with Gasteiger partial charge in [-0.1, -0.05) is 133 Å². The monoisotopic (exact) mass is 497 g/mol. The summed E-state index contributed by atoms with van der Waals surface area (Å²) < 4.78 is 0. The van der Waals surface area contributed by atoms with Crippen LogP contribution in [0.3, 0.4) is 0 Å². The van der Waals surface area contributed by atoms with Crippen LogP contribution in [-0.2, 0) is 0 Å². The maximum atomic E-state index is 2.39. The molecule has 0 aliphatic rings. The summed E-state index contributed by atoms with van der Waals surface area (Å²) >= 11 is 0. The Morgan fingerprint density at radius 1 is 0.333 bits per heavy atom. The summed E-state index contributed by atoms with van der Waals surface area (Å²) in [6, 6.07) is 58.7. The van der Waals surface area contributed by atoms with Crippen molar-refractivity contribution in [1.82, 2.24) is 0 Å². The van der Waals surface area contributed by atoms with Crippen molar-refractivity contribution < 1.29 is 0 Å². The van der Waals surface area contributed by atoms with Gasteiger partial charge in [-0.25, -0.2) is 0 Å². The van der Waals surface area contributed by atoms with Gasteiger partial charge in [0.05, 0.1) is 5.69 Å². The molecule has 0 bridgehead atoms. The van der Waals surface area contributed by atoms with Crippen LogP contribution in [-0.4, -0.2) is 0 Å². The lowest BCUT2D eigenvalue weighted by atomic mass is 9.99. The van der Waals surface area contributed by atoms with Crippen molar-refractivity contribution in [2.24, 2.45) is 0 Å². The topological polar surface area (TPSA) is 3.24 Å². The van der Waals surface area contributed by atoms with Gasteiger partial charge in [0.1, 0.15) is 0 Å². The van der Waals surface area contributed by atoms with Crippen LogP contribution in [0.25, 0.3) is 43.8 Å². The quantitative estimate of drug-likeness (QED) is 0.214. The molecule has 0 heterocycles. The molecule has 0 radical (unpaired) electrons. The van der Waals surface area contributed by atoms with E-state index >= 15 is 0 Å². The Balaban J connectivity index is 1.44. The van der Waals surface area contributed by atoms with Crippen molar-refractivity contribution in [1.29, 1.82) is 0 Å². The van der Waals surface area contributed by atoms with Gasteiger partial charge in [-0.15, -0.1) is 0 Å². The molecular formula is C38H27N. The van der Waals surface area contributed by atoms with Gasteiger partial charge < -0.3 is 4.90 Å². The number of rotatable bonds is 5. The molecular weight excluding hydrogens is 470 g/mol. The van der Waals surface area contributed by atoms with Gasteiger partial charge in [0.15, 0.2) is 0 Å². The maximum Gasteiger partial charge on any atom is 0.0540 e. The van der Waals surface area contributed by atoms with Crippen LogP contribution in [0.2, 0.25) is 0 Å². The van der Waals surface area contributed by atoms with Crippen LogP contribution in [0.5, 0.6) is 0 Å². The summed E-state index contributed by atoms with van der Waals surface area (Å²) in [6.07, 6.45) is 0. The Morgan fingerprint density at radius 2 is 0.872 bits per heavy atom. The zero-order chi connectivity index (χ0) is 26.0. The third kappa shape index (κ3) is 4.35. The minimum Gasteiger partial charge on any atom is -0.310 e. The number of nitrogens with zero attached hydrogens (tertiary/aromatic N) is 1. The molecule has 0 saturated carbocycles. The molecule has 0 spiro atoms. The second-order valence-corrected chi connectivity index (χ2v) is 9.82. The van der Waals surface area contributed by atoms with Crippen molar-refractivity contribution in [2.75, 3.05) is 4.90 Å². The highest BCUT2D eigenvalue weighted by molar-refractivity contribution is 6.09. The number of hydrogen-bond acceptors (Lipinski definition) is 1. The molecule has 7 aromatic carbocycles. The highest BCUT2D eigenvalue weighted by atomic mass is 15.1. The molecule has 184 valence electrons. The van der Waals surface area contributed by atoms with Crippen LogP contribution in [0.1, 0.15) is 0 Å². The molecule has 0 unspecified atom stereocenters. The molecule has 0 aromatic heterocycles. The average molecular weight is 498 g/mol. The zero-order valence-corrected chi connectivity index (χ0v) is 21.5. The molecule has 1 heteroatoms. The molecule has 1 nitrogen and oxygen atoms in total. The van der Waals surface area contributed by atoms with E-state index in [4.69, 9.17) is 0 Å². The fourth-order valence-electron chi connectivity index (χ4n) is 5.52. The SMILES string of the molecule is c1ccc(-c2ccc(N(c3ccc4ccc5ccccc5c4c3)c3ccccc3-c3ccccc3)cc2)cc1. The molecule has 0 aliphatic carbocycles. The highest BCUT2D eigenvalue weighted by Gasteiger charge is 2.18. The van der Waals surface area contributed by atoms with Crippen molar-refractivity contribution in [3.8, 4) is 22.3 Å². The first-order chi connectivity index (χ1) is 19.3. The molecule has 0 atom stereocenters. The Morgan fingerprint density at radius 3 is 1.64 bits per heavy atom. The molecule has 0 fully saturated rings. The molecule has 0 N–H and O–H groups in total. The van der Waals surface area contributed by atoms with Crippen molar-refractivity contribution in [3.05, 3.63) is 164 Å². The standard InChI is InChI=1S/C38H27N/c1-3-11-28(12-4-1)29-21-24-33(25-22-29)39(38-18-10-9-17-36(38)30-13-5-2-6-14-30)34-26-23-32-20-19-31-15-7-8-16-35(31)37(32)27-34/h1-27H. The van der Waals surface area contributed by atoms with Crippen LogP contribution in [0, 0.1) is 0 Å². The van der Waals surface area contributed by atoms with Crippen LogP contribution < -0.4 is 4.90 Å². The lowest BCUT2D eigenvalue weighted by Gasteiger charge is -2.28. The summed E-state index contributed by atoms with van der Waals surface area (Å²) in [7, 11) is 0. The largest absolute Gasteiger partial charge is 0.310 e. The lowest BCUT2D eigenvalue weighted by molar-refractivity contribution is 1.29. The van der Waals surface area contributed by atoms with E-state index in [0.717, 1.165) is 17.1 Å². The smallest absolute Gasteiger partial charge is 0.0540 e. The van der Waals surface area contributed by atoms with Crippen LogP contribution in [0.4, 0.5) is 17.1 Å². The van der Waals surface area contributed by atoms with E-state index in [-0.39, 0.29) is 0 Å². The van der Waals surface area contributed by atoms with Crippen molar-refractivity contribution in [2.45, 2.75) is 0 Å². The molecule has 7 rings (SSSR count). The fourth-order valence-corrected chi connectivity index (χ4v) is 5.52. The lowest BCUT2D eigenvalue weighted by Crippen LogP contribution is -2.11. The normalized spacial score (nSPS) is 11.1. The summed E-state index contributed by atoms with van der Waals surface area (Å²) in [5, 5.41) is 5.03. The van der Waals surface area contributed by atoms with Crippen molar-refractivity contribution in [3.63, 3.8) is 0 Å². The van der Waals surface area contributed by atoms with Gasteiger partial charge >= 0.3 is 0 Å². The first-order valence-corrected chi connectivity index (χ1v) is 13.4. The number of fused-ring (bicyclic) bond motifs is 3. The Bertz CT molecular complexity index is 1890. The molecule has 39 heavy (non-hydrogen) atoms. The Labute approximate surface area is 229 Å². The predicted molar refractivity (Wildman–Crippen MR) is 167 cm³/mol. The molecule has 0 saturated heterocycles. The minimum atomic E-state index is 1.12. The van der Waals surface area contributed by atoms with Gasteiger partial charge in [-0.2, -0.15) is 0 Å². The first-order valence-electron chi connectivity index (χ1n) is 13.4. The number of para-hydroxylation sites is 1.